The molecular formula is C15H18N4O. The SMILES string of the molecule is CCNc1ccncc1C(=O)NCc1ccc(C)nc1. The van der Waals surface area contributed by atoms with Crippen LogP contribution < -0.4 is 10.6 Å². The Morgan fingerprint density at radius 1 is 1.25 bits per heavy atom. The van der Waals surface area contributed by atoms with Gasteiger partial charge in [0.25, 0.3) is 5.91 Å². The maximum absolute atomic E-state index is 12.2. The fraction of sp³-hybridized carbons (Fsp3) is 0.267. The summed E-state index contributed by atoms with van der Waals surface area (Å²) in [5.74, 6) is -0.144. The van der Waals surface area contributed by atoms with E-state index >= 15 is 0 Å². The molecule has 104 valence electrons. The summed E-state index contributed by atoms with van der Waals surface area (Å²) >= 11 is 0. The van der Waals surface area contributed by atoms with E-state index in [0.717, 1.165) is 23.5 Å². The number of amides is 1. The van der Waals surface area contributed by atoms with Crippen molar-refractivity contribution in [3.05, 3.63) is 53.6 Å². The molecule has 0 aromatic carbocycles. The summed E-state index contributed by atoms with van der Waals surface area (Å²) in [5, 5.41) is 6.02. The minimum absolute atomic E-state index is 0.144. The van der Waals surface area contributed by atoms with Crippen LogP contribution in [0.3, 0.4) is 0 Å². The number of anilines is 1. The van der Waals surface area contributed by atoms with E-state index in [9.17, 15) is 4.79 Å². The minimum atomic E-state index is -0.144. The highest BCUT2D eigenvalue weighted by atomic mass is 16.1. The second-order valence-corrected chi connectivity index (χ2v) is 4.44. The number of nitrogens with zero attached hydrogens (tertiary/aromatic N) is 2. The molecular weight excluding hydrogens is 252 g/mol. The quantitative estimate of drug-likeness (QED) is 0.873. The van der Waals surface area contributed by atoms with E-state index in [1.54, 1.807) is 24.7 Å². The number of nitrogens with one attached hydrogen (secondary N) is 2. The normalized spacial score (nSPS) is 10.1. The van der Waals surface area contributed by atoms with E-state index < -0.39 is 0 Å². The van der Waals surface area contributed by atoms with Crippen LogP contribution in [-0.2, 0) is 6.54 Å². The Morgan fingerprint density at radius 2 is 2.10 bits per heavy atom. The van der Waals surface area contributed by atoms with Gasteiger partial charge in [-0.25, -0.2) is 0 Å². The van der Waals surface area contributed by atoms with Gasteiger partial charge in [0.1, 0.15) is 0 Å². The molecule has 2 rings (SSSR count). The average molecular weight is 270 g/mol. The third-order valence-electron chi connectivity index (χ3n) is 2.86. The smallest absolute Gasteiger partial charge is 0.255 e. The molecule has 2 aromatic heterocycles. The third kappa shape index (κ3) is 3.54. The lowest BCUT2D eigenvalue weighted by Crippen LogP contribution is -2.24. The van der Waals surface area contributed by atoms with Crippen molar-refractivity contribution in [1.82, 2.24) is 15.3 Å². The van der Waals surface area contributed by atoms with Crippen LogP contribution >= 0.6 is 0 Å². The number of rotatable bonds is 5. The van der Waals surface area contributed by atoms with Gasteiger partial charge in [-0.15, -0.1) is 0 Å². The number of carbonyl (C=O) groups is 1. The first-order chi connectivity index (χ1) is 9.70. The highest BCUT2D eigenvalue weighted by molar-refractivity contribution is 5.99. The van der Waals surface area contributed by atoms with Crippen LogP contribution in [0.4, 0.5) is 5.69 Å². The van der Waals surface area contributed by atoms with Crippen LogP contribution in [0.2, 0.25) is 0 Å². The first-order valence-electron chi connectivity index (χ1n) is 6.58. The average Bonchev–Trinajstić information content (AvgIpc) is 2.47. The predicted octanol–water partition coefficient (Wildman–Crippen LogP) is 2.15. The molecule has 5 heteroatoms. The number of carbonyl (C=O) groups excluding carboxylic acids is 1. The Bertz CT molecular complexity index is 581. The molecule has 0 aliphatic heterocycles. The predicted molar refractivity (Wildman–Crippen MR) is 78.5 cm³/mol. The topological polar surface area (TPSA) is 66.9 Å². The van der Waals surface area contributed by atoms with Gasteiger partial charge in [-0.05, 0) is 31.5 Å². The van der Waals surface area contributed by atoms with Gasteiger partial charge < -0.3 is 10.6 Å². The molecule has 0 saturated heterocycles. The Balaban J connectivity index is 2.03. The van der Waals surface area contributed by atoms with E-state index in [4.69, 9.17) is 0 Å². The molecule has 1 amide bonds. The highest BCUT2D eigenvalue weighted by Gasteiger charge is 2.10. The lowest BCUT2D eigenvalue weighted by atomic mass is 10.2. The zero-order valence-corrected chi connectivity index (χ0v) is 11.7. The molecule has 0 spiro atoms. The summed E-state index contributed by atoms with van der Waals surface area (Å²) < 4.78 is 0. The van der Waals surface area contributed by atoms with Crippen molar-refractivity contribution in [1.29, 1.82) is 0 Å². The van der Waals surface area contributed by atoms with E-state index in [0.29, 0.717) is 12.1 Å². The molecule has 0 bridgehead atoms. The number of hydrogen-bond acceptors (Lipinski definition) is 4. The van der Waals surface area contributed by atoms with E-state index in [1.807, 2.05) is 26.0 Å². The van der Waals surface area contributed by atoms with Gasteiger partial charge in [0.05, 0.1) is 11.3 Å². The Labute approximate surface area is 118 Å². The molecule has 0 unspecified atom stereocenters. The second-order valence-electron chi connectivity index (χ2n) is 4.44. The fourth-order valence-corrected chi connectivity index (χ4v) is 1.80. The van der Waals surface area contributed by atoms with Crippen LogP contribution in [-0.4, -0.2) is 22.4 Å². The molecule has 20 heavy (non-hydrogen) atoms. The summed E-state index contributed by atoms with van der Waals surface area (Å²) in [6.45, 7) is 5.12. The molecule has 0 fully saturated rings. The Hall–Kier alpha value is -2.43. The highest BCUT2D eigenvalue weighted by Crippen LogP contribution is 2.13. The first-order valence-corrected chi connectivity index (χ1v) is 6.58. The van der Waals surface area contributed by atoms with Crippen molar-refractivity contribution < 1.29 is 4.79 Å². The summed E-state index contributed by atoms with van der Waals surface area (Å²) in [4.78, 5) is 20.4. The molecule has 0 aliphatic rings. The lowest BCUT2D eigenvalue weighted by Gasteiger charge is -2.10. The summed E-state index contributed by atoms with van der Waals surface area (Å²) in [6, 6.07) is 5.68. The van der Waals surface area contributed by atoms with Gasteiger partial charge in [0.15, 0.2) is 0 Å². The fourth-order valence-electron chi connectivity index (χ4n) is 1.80. The molecule has 2 aromatic rings. The molecule has 2 N–H and O–H groups in total. The number of aryl methyl sites for hydroxylation is 1. The molecule has 2 heterocycles. The van der Waals surface area contributed by atoms with Crippen molar-refractivity contribution in [3.8, 4) is 0 Å². The maximum atomic E-state index is 12.2. The Kier molecular flexibility index (Phi) is 4.65. The molecule has 0 radical (unpaired) electrons. The largest absolute Gasteiger partial charge is 0.385 e. The molecule has 5 nitrogen and oxygen atoms in total. The number of aromatic nitrogens is 2. The van der Waals surface area contributed by atoms with Crippen LogP contribution in [0.15, 0.2) is 36.8 Å². The van der Waals surface area contributed by atoms with Gasteiger partial charge in [0.2, 0.25) is 0 Å². The monoisotopic (exact) mass is 270 g/mol. The summed E-state index contributed by atoms with van der Waals surface area (Å²) in [6.07, 6.45) is 5.00. The molecule has 0 aliphatic carbocycles. The van der Waals surface area contributed by atoms with Crippen molar-refractivity contribution in [2.75, 3.05) is 11.9 Å². The third-order valence-corrected chi connectivity index (χ3v) is 2.86. The van der Waals surface area contributed by atoms with Gasteiger partial charge in [-0.2, -0.15) is 0 Å². The maximum Gasteiger partial charge on any atom is 0.255 e. The first kappa shape index (κ1) is 14.0. The van der Waals surface area contributed by atoms with Gasteiger partial charge in [-0.3, -0.25) is 14.8 Å². The van der Waals surface area contributed by atoms with Gasteiger partial charge in [0, 0.05) is 37.4 Å². The van der Waals surface area contributed by atoms with Crippen LogP contribution in [0, 0.1) is 6.92 Å². The van der Waals surface area contributed by atoms with Crippen LogP contribution in [0.5, 0.6) is 0 Å². The van der Waals surface area contributed by atoms with E-state index in [-0.39, 0.29) is 5.91 Å². The standard InChI is InChI=1S/C15H18N4O/c1-3-17-14-6-7-16-10-13(14)15(20)19-9-12-5-4-11(2)18-8-12/h4-8,10H,3,9H2,1-2H3,(H,16,17)(H,19,20). The minimum Gasteiger partial charge on any atom is -0.385 e. The Morgan fingerprint density at radius 3 is 2.80 bits per heavy atom. The van der Waals surface area contributed by atoms with E-state index in [1.165, 1.54) is 0 Å². The van der Waals surface area contributed by atoms with Gasteiger partial charge in [-0.1, -0.05) is 6.07 Å². The molecule has 0 saturated carbocycles. The zero-order valence-electron chi connectivity index (χ0n) is 11.7. The van der Waals surface area contributed by atoms with Crippen molar-refractivity contribution in [2.45, 2.75) is 20.4 Å². The second kappa shape index (κ2) is 6.65. The van der Waals surface area contributed by atoms with Crippen molar-refractivity contribution in [3.63, 3.8) is 0 Å². The van der Waals surface area contributed by atoms with Crippen molar-refractivity contribution >= 4 is 11.6 Å². The summed E-state index contributed by atoms with van der Waals surface area (Å²) in [7, 11) is 0. The number of pyridine rings is 2. The van der Waals surface area contributed by atoms with Gasteiger partial charge >= 0.3 is 0 Å². The van der Waals surface area contributed by atoms with Crippen LogP contribution in [0.1, 0.15) is 28.5 Å². The van der Waals surface area contributed by atoms with Crippen LogP contribution in [0.25, 0.3) is 0 Å². The van der Waals surface area contributed by atoms with E-state index in [2.05, 4.69) is 20.6 Å². The molecule has 0 atom stereocenters. The zero-order chi connectivity index (χ0) is 14.4. The van der Waals surface area contributed by atoms with Crippen molar-refractivity contribution in [2.24, 2.45) is 0 Å². The lowest BCUT2D eigenvalue weighted by molar-refractivity contribution is 0.0951. The number of hydrogen-bond donors (Lipinski definition) is 2. The summed E-state index contributed by atoms with van der Waals surface area (Å²) in [5.41, 5.74) is 3.27.